The van der Waals surface area contributed by atoms with E-state index in [1.54, 1.807) is 0 Å². The Morgan fingerprint density at radius 1 is 1.19 bits per heavy atom. The number of nitrogens with zero attached hydrogens (tertiary/aromatic N) is 1. The SMILES string of the molecule is CC(c1cccc(N)c1)N1C(=O)CC2(CCCCC2)C1=O. The molecular formula is C17H22N2O2. The highest BCUT2D eigenvalue weighted by atomic mass is 16.2. The smallest absolute Gasteiger partial charge is 0.236 e. The van der Waals surface area contributed by atoms with E-state index >= 15 is 0 Å². The molecule has 1 aromatic carbocycles. The monoisotopic (exact) mass is 286 g/mol. The van der Waals surface area contributed by atoms with E-state index in [9.17, 15) is 9.59 Å². The summed E-state index contributed by atoms with van der Waals surface area (Å²) in [5.41, 5.74) is 6.98. The summed E-state index contributed by atoms with van der Waals surface area (Å²) < 4.78 is 0. The lowest BCUT2D eigenvalue weighted by Gasteiger charge is -2.32. The molecule has 1 aliphatic heterocycles. The molecule has 112 valence electrons. The normalized spacial score (nSPS) is 22.8. The maximum Gasteiger partial charge on any atom is 0.236 e. The number of amides is 2. The van der Waals surface area contributed by atoms with Gasteiger partial charge in [-0.3, -0.25) is 14.5 Å². The van der Waals surface area contributed by atoms with Crippen LogP contribution in [0.15, 0.2) is 24.3 Å². The number of likely N-dealkylation sites (tertiary alicyclic amines) is 1. The van der Waals surface area contributed by atoms with Crippen LogP contribution < -0.4 is 5.73 Å². The summed E-state index contributed by atoms with van der Waals surface area (Å²) >= 11 is 0. The molecule has 2 aliphatic rings. The number of rotatable bonds is 2. The molecule has 3 rings (SSSR count). The highest BCUT2D eigenvalue weighted by molar-refractivity contribution is 6.06. The number of carbonyl (C=O) groups excluding carboxylic acids is 2. The van der Waals surface area contributed by atoms with Gasteiger partial charge in [0, 0.05) is 12.1 Å². The maximum atomic E-state index is 12.9. The van der Waals surface area contributed by atoms with Gasteiger partial charge in [0.05, 0.1) is 11.5 Å². The number of hydrogen-bond acceptors (Lipinski definition) is 3. The summed E-state index contributed by atoms with van der Waals surface area (Å²) in [6.45, 7) is 1.91. The lowest BCUT2D eigenvalue weighted by molar-refractivity contribution is -0.144. The molecule has 0 radical (unpaired) electrons. The topological polar surface area (TPSA) is 63.4 Å². The molecule has 1 aromatic rings. The van der Waals surface area contributed by atoms with Crippen molar-refractivity contribution in [1.82, 2.24) is 4.90 Å². The van der Waals surface area contributed by atoms with Crippen LogP contribution in [0.1, 0.15) is 57.1 Å². The lowest BCUT2D eigenvalue weighted by Crippen LogP contribution is -2.38. The van der Waals surface area contributed by atoms with E-state index in [1.165, 1.54) is 11.3 Å². The van der Waals surface area contributed by atoms with Crippen molar-refractivity contribution in [1.29, 1.82) is 0 Å². The Labute approximate surface area is 125 Å². The molecule has 1 saturated carbocycles. The van der Waals surface area contributed by atoms with Gasteiger partial charge in [0.2, 0.25) is 11.8 Å². The Morgan fingerprint density at radius 3 is 2.57 bits per heavy atom. The minimum absolute atomic E-state index is 0.0297. The highest BCUT2D eigenvalue weighted by Crippen LogP contribution is 2.47. The van der Waals surface area contributed by atoms with E-state index in [0.29, 0.717) is 12.1 Å². The van der Waals surface area contributed by atoms with Gasteiger partial charge in [-0.2, -0.15) is 0 Å². The average Bonchev–Trinajstić information content (AvgIpc) is 2.70. The third-order valence-electron chi connectivity index (χ3n) is 5.02. The molecule has 1 atom stereocenters. The van der Waals surface area contributed by atoms with Gasteiger partial charge < -0.3 is 5.73 Å². The molecule has 21 heavy (non-hydrogen) atoms. The van der Waals surface area contributed by atoms with Crippen LogP contribution >= 0.6 is 0 Å². The van der Waals surface area contributed by atoms with Crippen LogP contribution in [0.5, 0.6) is 0 Å². The summed E-state index contributed by atoms with van der Waals surface area (Å²) in [6.07, 6.45) is 5.39. The first-order valence-electron chi connectivity index (χ1n) is 7.75. The Hall–Kier alpha value is -1.84. The first-order valence-corrected chi connectivity index (χ1v) is 7.75. The fraction of sp³-hybridized carbons (Fsp3) is 0.529. The predicted molar refractivity (Wildman–Crippen MR) is 81.3 cm³/mol. The molecule has 1 saturated heterocycles. The van der Waals surface area contributed by atoms with E-state index in [4.69, 9.17) is 5.73 Å². The minimum atomic E-state index is -0.413. The fourth-order valence-corrected chi connectivity index (χ4v) is 3.80. The third-order valence-corrected chi connectivity index (χ3v) is 5.02. The fourth-order valence-electron chi connectivity index (χ4n) is 3.80. The van der Waals surface area contributed by atoms with Gasteiger partial charge in [-0.25, -0.2) is 0 Å². The van der Waals surface area contributed by atoms with Crippen molar-refractivity contribution in [2.45, 2.75) is 51.5 Å². The average molecular weight is 286 g/mol. The molecule has 0 bridgehead atoms. The molecule has 0 aromatic heterocycles. The number of nitrogen functional groups attached to an aromatic ring is 1. The van der Waals surface area contributed by atoms with Gasteiger partial charge in [-0.05, 0) is 37.5 Å². The summed E-state index contributed by atoms with van der Waals surface area (Å²) in [5, 5.41) is 0. The van der Waals surface area contributed by atoms with Crippen LogP contribution in [-0.4, -0.2) is 16.7 Å². The number of anilines is 1. The maximum absolute atomic E-state index is 12.9. The molecule has 2 fully saturated rings. The molecule has 1 spiro atoms. The zero-order valence-corrected chi connectivity index (χ0v) is 12.5. The molecule has 1 heterocycles. The van der Waals surface area contributed by atoms with E-state index in [-0.39, 0.29) is 17.9 Å². The first-order chi connectivity index (χ1) is 10.0. The molecule has 1 aliphatic carbocycles. The van der Waals surface area contributed by atoms with Crippen LogP contribution in [0, 0.1) is 5.41 Å². The zero-order valence-electron chi connectivity index (χ0n) is 12.5. The highest BCUT2D eigenvalue weighted by Gasteiger charge is 2.52. The van der Waals surface area contributed by atoms with Gasteiger partial charge in [0.25, 0.3) is 0 Å². The van der Waals surface area contributed by atoms with Crippen molar-refractivity contribution in [2.75, 3.05) is 5.73 Å². The van der Waals surface area contributed by atoms with Gasteiger partial charge in [0.1, 0.15) is 0 Å². The minimum Gasteiger partial charge on any atom is -0.399 e. The number of imide groups is 1. The largest absolute Gasteiger partial charge is 0.399 e. The summed E-state index contributed by atoms with van der Waals surface area (Å²) in [4.78, 5) is 26.8. The third kappa shape index (κ3) is 2.33. The van der Waals surface area contributed by atoms with E-state index < -0.39 is 5.41 Å². The Balaban J connectivity index is 1.88. The Kier molecular flexibility index (Phi) is 3.47. The Morgan fingerprint density at radius 2 is 1.90 bits per heavy atom. The van der Waals surface area contributed by atoms with Gasteiger partial charge in [0.15, 0.2) is 0 Å². The van der Waals surface area contributed by atoms with Crippen LogP contribution in [-0.2, 0) is 9.59 Å². The molecule has 2 amide bonds. The second kappa shape index (κ2) is 5.17. The molecule has 1 unspecified atom stereocenters. The van der Waals surface area contributed by atoms with Crippen LogP contribution in [0.2, 0.25) is 0 Å². The lowest BCUT2D eigenvalue weighted by atomic mass is 9.73. The Bertz CT molecular complexity index is 576. The summed E-state index contributed by atoms with van der Waals surface area (Å²) in [5.74, 6) is -0.000973. The van der Waals surface area contributed by atoms with E-state index in [2.05, 4.69) is 0 Å². The molecule has 2 N–H and O–H groups in total. The van der Waals surface area contributed by atoms with E-state index in [0.717, 1.165) is 31.2 Å². The van der Waals surface area contributed by atoms with Crippen molar-refractivity contribution in [3.63, 3.8) is 0 Å². The van der Waals surface area contributed by atoms with Crippen molar-refractivity contribution in [3.8, 4) is 0 Å². The summed E-state index contributed by atoms with van der Waals surface area (Å²) in [7, 11) is 0. The van der Waals surface area contributed by atoms with Crippen LogP contribution in [0.25, 0.3) is 0 Å². The molecule has 4 heteroatoms. The number of hydrogen-bond donors (Lipinski definition) is 1. The van der Waals surface area contributed by atoms with Crippen molar-refractivity contribution < 1.29 is 9.59 Å². The number of carbonyl (C=O) groups is 2. The zero-order chi connectivity index (χ0) is 15.0. The standard InChI is InChI=1S/C17H22N2O2/c1-12(13-6-5-7-14(18)10-13)19-15(20)11-17(16(19)21)8-3-2-4-9-17/h5-7,10,12H,2-4,8-9,11,18H2,1H3. The predicted octanol–water partition coefficient (Wildman–Crippen LogP) is 3.04. The molecular weight excluding hydrogens is 264 g/mol. The second-order valence-electron chi connectivity index (χ2n) is 6.43. The van der Waals surface area contributed by atoms with Gasteiger partial charge in [-0.1, -0.05) is 31.4 Å². The van der Waals surface area contributed by atoms with Gasteiger partial charge >= 0.3 is 0 Å². The van der Waals surface area contributed by atoms with Crippen molar-refractivity contribution in [2.24, 2.45) is 5.41 Å². The molecule has 4 nitrogen and oxygen atoms in total. The van der Waals surface area contributed by atoms with Crippen molar-refractivity contribution in [3.05, 3.63) is 29.8 Å². The van der Waals surface area contributed by atoms with E-state index in [1.807, 2.05) is 31.2 Å². The van der Waals surface area contributed by atoms with Crippen LogP contribution in [0.4, 0.5) is 5.69 Å². The summed E-state index contributed by atoms with van der Waals surface area (Å²) in [6, 6.07) is 7.20. The number of benzene rings is 1. The van der Waals surface area contributed by atoms with Gasteiger partial charge in [-0.15, -0.1) is 0 Å². The van der Waals surface area contributed by atoms with Crippen LogP contribution in [0.3, 0.4) is 0 Å². The second-order valence-corrected chi connectivity index (χ2v) is 6.43. The first kappa shape index (κ1) is 14.1. The number of nitrogens with two attached hydrogens (primary N) is 1. The van der Waals surface area contributed by atoms with Crippen molar-refractivity contribution >= 4 is 17.5 Å². The quantitative estimate of drug-likeness (QED) is 0.671.